The molecule has 2 aromatic carbocycles. The van der Waals surface area contributed by atoms with Crippen molar-refractivity contribution in [3.8, 4) is 11.5 Å². The van der Waals surface area contributed by atoms with E-state index in [-0.39, 0.29) is 37.0 Å². The maximum atomic E-state index is 13.6. The lowest BCUT2D eigenvalue weighted by Gasteiger charge is -2.18. The largest absolute Gasteiger partial charge is 0.494 e. The van der Waals surface area contributed by atoms with E-state index >= 15 is 0 Å². The van der Waals surface area contributed by atoms with Crippen LogP contribution in [0.25, 0.3) is 0 Å². The molecule has 0 bridgehead atoms. The van der Waals surface area contributed by atoms with Crippen LogP contribution in [-0.2, 0) is 11.3 Å². The van der Waals surface area contributed by atoms with Gasteiger partial charge in [-0.3, -0.25) is 4.79 Å². The van der Waals surface area contributed by atoms with E-state index in [1.807, 2.05) is 0 Å². The van der Waals surface area contributed by atoms with Crippen LogP contribution >= 0.6 is 0 Å². The molecular weight excluding hydrogens is 316 g/mol. The van der Waals surface area contributed by atoms with Crippen LogP contribution in [0.5, 0.6) is 11.5 Å². The molecule has 0 aromatic heterocycles. The number of amides is 1. The summed E-state index contributed by atoms with van der Waals surface area (Å²) in [7, 11) is 3.01. The van der Waals surface area contributed by atoms with Crippen molar-refractivity contribution in [1.29, 1.82) is 0 Å². The number of ether oxygens (including phenoxy) is 2. The summed E-state index contributed by atoms with van der Waals surface area (Å²) in [6, 6.07) is 10.6. The topological polar surface area (TPSA) is 38.8 Å². The number of hydrogen-bond donors (Lipinski definition) is 0. The summed E-state index contributed by atoms with van der Waals surface area (Å²) >= 11 is 0. The fourth-order valence-electron chi connectivity index (χ4n) is 2.17. The second kappa shape index (κ2) is 8.29. The second-order valence-corrected chi connectivity index (χ2v) is 5.25. The van der Waals surface area contributed by atoms with Crippen molar-refractivity contribution in [2.45, 2.75) is 13.0 Å². The number of carbonyl (C=O) groups excluding carboxylic acids is 1. The van der Waals surface area contributed by atoms with Crippen LogP contribution in [0, 0.1) is 11.6 Å². The van der Waals surface area contributed by atoms with Crippen LogP contribution in [0.1, 0.15) is 12.0 Å². The predicted molar refractivity (Wildman–Crippen MR) is 85.9 cm³/mol. The molecule has 0 saturated carbocycles. The Labute approximate surface area is 139 Å². The van der Waals surface area contributed by atoms with Crippen LogP contribution in [0.4, 0.5) is 8.78 Å². The summed E-state index contributed by atoms with van der Waals surface area (Å²) in [6.45, 7) is 0.334. The van der Waals surface area contributed by atoms with E-state index in [0.29, 0.717) is 5.56 Å². The van der Waals surface area contributed by atoms with Gasteiger partial charge in [-0.2, -0.15) is 0 Å². The number of methoxy groups -OCH3 is 1. The van der Waals surface area contributed by atoms with E-state index in [2.05, 4.69) is 0 Å². The van der Waals surface area contributed by atoms with Crippen molar-refractivity contribution in [3.05, 3.63) is 59.7 Å². The second-order valence-electron chi connectivity index (χ2n) is 5.25. The van der Waals surface area contributed by atoms with E-state index in [4.69, 9.17) is 9.47 Å². The summed E-state index contributed by atoms with van der Waals surface area (Å²) in [5.41, 5.74) is 0.652. The van der Waals surface area contributed by atoms with Crippen molar-refractivity contribution < 1.29 is 23.0 Å². The highest BCUT2D eigenvalue weighted by molar-refractivity contribution is 5.76. The molecule has 0 unspecified atom stereocenters. The molecule has 128 valence electrons. The Kier molecular flexibility index (Phi) is 6.12. The number of halogens is 2. The van der Waals surface area contributed by atoms with Crippen molar-refractivity contribution >= 4 is 5.91 Å². The van der Waals surface area contributed by atoms with E-state index in [1.165, 1.54) is 36.3 Å². The quantitative estimate of drug-likeness (QED) is 0.778. The molecule has 0 N–H and O–H groups in total. The van der Waals surface area contributed by atoms with Crippen molar-refractivity contribution in [2.75, 3.05) is 20.8 Å². The Morgan fingerprint density at radius 1 is 1.08 bits per heavy atom. The number of carbonyl (C=O) groups is 1. The SMILES string of the molecule is COc1ccc(CN(C)C(=O)CCOc2ccccc2F)cc1F. The van der Waals surface area contributed by atoms with E-state index in [0.717, 1.165) is 0 Å². The highest BCUT2D eigenvalue weighted by atomic mass is 19.1. The molecule has 0 aliphatic rings. The molecule has 0 spiro atoms. The number of para-hydroxylation sites is 1. The average molecular weight is 335 g/mol. The Morgan fingerprint density at radius 3 is 2.50 bits per heavy atom. The summed E-state index contributed by atoms with van der Waals surface area (Å²) < 4.78 is 37.2. The van der Waals surface area contributed by atoms with Gasteiger partial charge in [-0.1, -0.05) is 18.2 Å². The van der Waals surface area contributed by atoms with Crippen LogP contribution in [0.2, 0.25) is 0 Å². The standard InChI is InChI=1S/C18H19F2NO3/c1-21(12-13-7-8-16(23-2)15(20)11-13)18(22)9-10-24-17-6-4-3-5-14(17)19/h3-8,11H,9-10,12H2,1-2H3. The van der Waals surface area contributed by atoms with Gasteiger partial charge in [0, 0.05) is 13.6 Å². The molecule has 2 aromatic rings. The maximum Gasteiger partial charge on any atom is 0.226 e. The molecule has 0 fully saturated rings. The predicted octanol–water partition coefficient (Wildman–Crippen LogP) is 3.40. The summed E-state index contributed by atoms with van der Waals surface area (Å²) in [5, 5.41) is 0. The van der Waals surface area contributed by atoms with Gasteiger partial charge in [0.2, 0.25) is 5.91 Å². The minimum absolute atomic E-state index is 0.0705. The van der Waals surface area contributed by atoms with Gasteiger partial charge in [0.1, 0.15) is 0 Å². The molecule has 0 radical (unpaired) electrons. The van der Waals surface area contributed by atoms with Gasteiger partial charge >= 0.3 is 0 Å². The average Bonchev–Trinajstić information content (AvgIpc) is 2.56. The van der Waals surface area contributed by atoms with Crippen LogP contribution < -0.4 is 9.47 Å². The first-order valence-electron chi connectivity index (χ1n) is 7.45. The van der Waals surface area contributed by atoms with Crippen LogP contribution in [0.3, 0.4) is 0 Å². The van der Waals surface area contributed by atoms with Gasteiger partial charge in [0.15, 0.2) is 23.1 Å². The molecule has 0 aliphatic carbocycles. The third-order valence-corrected chi connectivity index (χ3v) is 3.47. The monoisotopic (exact) mass is 335 g/mol. The first kappa shape index (κ1) is 17.7. The normalized spacial score (nSPS) is 10.3. The highest BCUT2D eigenvalue weighted by Gasteiger charge is 2.12. The van der Waals surface area contributed by atoms with Gasteiger partial charge in [-0.15, -0.1) is 0 Å². The number of rotatable bonds is 7. The number of benzene rings is 2. The Morgan fingerprint density at radius 2 is 1.83 bits per heavy atom. The molecule has 4 nitrogen and oxygen atoms in total. The molecule has 0 aliphatic heterocycles. The summed E-state index contributed by atoms with van der Waals surface area (Å²) in [5.74, 6) is -0.843. The highest BCUT2D eigenvalue weighted by Crippen LogP contribution is 2.19. The zero-order chi connectivity index (χ0) is 17.5. The first-order valence-corrected chi connectivity index (χ1v) is 7.45. The summed E-state index contributed by atoms with van der Waals surface area (Å²) in [6.07, 6.45) is 0.101. The number of hydrogen-bond acceptors (Lipinski definition) is 3. The third-order valence-electron chi connectivity index (χ3n) is 3.47. The maximum absolute atomic E-state index is 13.6. The zero-order valence-corrected chi connectivity index (χ0v) is 13.6. The Bertz CT molecular complexity index is 706. The zero-order valence-electron chi connectivity index (χ0n) is 13.6. The first-order chi connectivity index (χ1) is 11.5. The molecule has 1 amide bonds. The van der Waals surface area contributed by atoms with Crippen LogP contribution in [-0.4, -0.2) is 31.6 Å². The fourth-order valence-corrected chi connectivity index (χ4v) is 2.17. The Balaban J connectivity index is 1.84. The smallest absolute Gasteiger partial charge is 0.226 e. The minimum Gasteiger partial charge on any atom is -0.494 e. The van der Waals surface area contributed by atoms with Crippen molar-refractivity contribution in [1.82, 2.24) is 4.90 Å². The lowest BCUT2D eigenvalue weighted by atomic mass is 10.2. The summed E-state index contributed by atoms with van der Waals surface area (Å²) in [4.78, 5) is 13.5. The number of nitrogens with zero attached hydrogens (tertiary/aromatic N) is 1. The molecule has 0 atom stereocenters. The van der Waals surface area contributed by atoms with Gasteiger partial charge in [-0.05, 0) is 29.8 Å². The Hall–Kier alpha value is -2.63. The molecule has 2 rings (SSSR count). The van der Waals surface area contributed by atoms with Crippen molar-refractivity contribution in [3.63, 3.8) is 0 Å². The molecular formula is C18H19F2NO3. The fraction of sp³-hybridized carbons (Fsp3) is 0.278. The van der Waals surface area contributed by atoms with Gasteiger partial charge < -0.3 is 14.4 Å². The van der Waals surface area contributed by atoms with Gasteiger partial charge in [0.05, 0.1) is 20.1 Å². The lowest BCUT2D eigenvalue weighted by Crippen LogP contribution is -2.27. The van der Waals surface area contributed by atoms with Crippen molar-refractivity contribution in [2.24, 2.45) is 0 Å². The molecule has 0 saturated heterocycles. The lowest BCUT2D eigenvalue weighted by molar-refractivity contribution is -0.130. The molecule has 6 heteroatoms. The van der Waals surface area contributed by atoms with Gasteiger partial charge in [0.25, 0.3) is 0 Å². The molecule has 24 heavy (non-hydrogen) atoms. The van der Waals surface area contributed by atoms with E-state index < -0.39 is 11.6 Å². The molecule has 0 heterocycles. The third kappa shape index (κ3) is 4.68. The van der Waals surface area contributed by atoms with Crippen LogP contribution in [0.15, 0.2) is 42.5 Å². The van der Waals surface area contributed by atoms with Gasteiger partial charge in [-0.25, -0.2) is 8.78 Å². The van der Waals surface area contributed by atoms with E-state index in [9.17, 15) is 13.6 Å². The minimum atomic E-state index is -0.473. The van der Waals surface area contributed by atoms with E-state index in [1.54, 1.807) is 25.2 Å².